The first-order valence-corrected chi connectivity index (χ1v) is 5.77. The number of amides is 1. The zero-order valence-corrected chi connectivity index (χ0v) is 10.8. The fourth-order valence-electron chi connectivity index (χ4n) is 1.26. The molecule has 0 atom stereocenters. The average molecular weight is 249 g/mol. The molecular formula is C14H19NO3. The SMILES string of the molecule is C=CCOc1ccc(C(=O)NCC(C)(C)O)cc1. The maximum absolute atomic E-state index is 11.7. The Labute approximate surface area is 107 Å². The number of carbonyl (C=O) groups is 1. The number of carbonyl (C=O) groups excluding carboxylic acids is 1. The summed E-state index contributed by atoms with van der Waals surface area (Å²) in [4.78, 5) is 11.7. The number of ether oxygens (including phenoxy) is 1. The Morgan fingerprint density at radius 3 is 2.56 bits per heavy atom. The molecule has 98 valence electrons. The van der Waals surface area contributed by atoms with Crippen molar-refractivity contribution in [3.63, 3.8) is 0 Å². The van der Waals surface area contributed by atoms with E-state index in [4.69, 9.17) is 4.74 Å². The third-order valence-electron chi connectivity index (χ3n) is 2.17. The lowest BCUT2D eigenvalue weighted by molar-refractivity contribution is 0.0694. The monoisotopic (exact) mass is 249 g/mol. The highest BCUT2D eigenvalue weighted by atomic mass is 16.5. The maximum atomic E-state index is 11.7. The van der Waals surface area contributed by atoms with Crippen LogP contribution in [0, 0.1) is 0 Å². The highest BCUT2D eigenvalue weighted by molar-refractivity contribution is 5.94. The van der Waals surface area contributed by atoms with Gasteiger partial charge in [0, 0.05) is 12.1 Å². The second-order valence-corrected chi connectivity index (χ2v) is 4.62. The maximum Gasteiger partial charge on any atom is 0.251 e. The van der Waals surface area contributed by atoms with E-state index in [2.05, 4.69) is 11.9 Å². The minimum absolute atomic E-state index is 0.209. The van der Waals surface area contributed by atoms with Crippen LogP contribution in [-0.4, -0.2) is 29.8 Å². The first-order chi connectivity index (χ1) is 8.42. The number of nitrogens with one attached hydrogen (secondary N) is 1. The standard InChI is InChI=1S/C14H19NO3/c1-4-9-18-12-7-5-11(6-8-12)13(16)15-10-14(2,3)17/h4-8,17H,1,9-10H2,2-3H3,(H,15,16). The highest BCUT2D eigenvalue weighted by Crippen LogP contribution is 2.12. The van der Waals surface area contributed by atoms with E-state index in [0.717, 1.165) is 0 Å². The predicted molar refractivity (Wildman–Crippen MR) is 70.8 cm³/mol. The van der Waals surface area contributed by atoms with Crippen LogP contribution in [0.1, 0.15) is 24.2 Å². The molecule has 1 aromatic rings. The molecule has 0 unspecified atom stereocenters. The van der Waals surface area contributed by atoms with Gasteiger partial charge in [0.25, 0.3) is 5.91 Å². The summed E-state index contributed by atoms with van der Waals surface area (Å²) in [5, 5.41) is 12.2. The number of benzene rings is 1. The average Bonchev–Trinajstić information content (AvgIpc) is 2.33. The fraction of sp³-hybridized carbons (Fsp3) is 0.357. The van der Waals surface area contributed by atoms with Crippen LogP contribution in [0.5, 0.6) is 5.75 Å². The van der Waals surface area contributed by atoms with Crippen molar-refractivity contribution >= 4 is 5.91 Å². The summed E-state index contributed by atoms with van der Waals surface area (Å²) in [6, 6.07) is 6.81. The van der Waals surface area contributed by atoms with Crippen molar-refractivity contribution in [3.05, 3.63) is 42.5 Å². The van der Waals surface area contributed by atoms with Gasteiger partial charge in [-0.1, -0.05) is 12.7 Å². The molecule has 0 fully saturated rings. The number of rotatable bonds is 6. The van der Waals surface area contributed by atoms with Gasteiger partial charge in [-0.05, 0) is 38.1 Å². The zero-order valence-electron chi connectivity index (χ0n) is 10.8. The van der Waals surface area contributed by atoms with Gasteiger partial charge in [0.15, 0.2) is 0 Å². The summed E-state index contributed by atoms with van der Waals surface area (Å²) < 4.78 is 5.31. The van der Waals surface area contributed by atoms with E-state index in [1.165, 1.54) is 0 Å². The third kappa shape index (κ3) is 5.01. The van der Waals surface area contributed by atoms with Crippen molar-refractivity contribution in [2.75, 3.05) is 13.2 Å². The van der Waals surface area contributed by atoms with Crippen molar-refractivity contribution in [2.24, 2.45) is 0 Å². The quantitative estimate of drug-likeness (QED) is 0.755. The van der Waals surface area contributed by atoms with Gasteiger partial charge in [-0.3, -0.25) is 4.79 Å². The van der Waals surface area contributed by atoms with Gasteiger partial charge in [0.05, 0.1) is 5.60 Å². The molecule has 0 bridgehead atoms. The number of hydrogen-bond donors (Lipinski definition) is 2. The predicted octanol–water partition coefficient (Wildman–Crippen LogP) is 1.75. The second-order valence-electron chi connectivity index (χ2n) is 4.62. The van der Waals surface area contributed by atoms with Crippen LogP contribution < -0.4 is 10.1 Å². The summed E-state index contributed by atoms with van der Waals surface area (Å²) >= 11 is 0. The molecule has 1 rings (SSSR count). The van der Waals surface area contributed by atoms with Crippen molar-refractivity contribution < 1.29 is 14.6 Å². The molecule has 0 spiro atoms. The Kier molecular flexibility index (Phi) is 4.92. The summed E-state index contributed by atoms with van der Waals surface area (Å²) in [5.74, 6) is 0.473. The second kappa shape index (κ2) is 6.21. The van der Waals surface area contributed by atoms with Crippen molar-refractivity contribution in [1.29, 1.82) is 0 Å². The van der Waals surface area contributed by atoms with Crippen LogP contribution in [-0.2, 0) is 0 Å². The minimum atomic E-state index is -0.914. The topological polar surface area (TPSA) is 58.6 Å². The Morgan fingerprint density at radius 1 is 1.44 bits per heavy atom. The van der Waals surface area contributed by atoms with Gasteiger partial charge in [-0.2, -0.15) is 0 Å². The first kappa shape index (κ1) is 14.3. The molecule has 0 aromatic heterocycles. The van der Waals surface area contributed by atoms with E-state index >= 15 is 0 Å². The molecule has 18 heavy (non-hydrogen) atoms. The van der Waals surface area contributed by atoms with Crippen molar-refractivity contribution in [2.45, 2.75) is 19.4 Å². The molecule has 4 heteroatoms. The Morgan fingerprint density at radius 2 is 2.06 bits per heavy atom. The highest BCUT2D eigenvalue weighted by Gasteiger charge is 2.14. The molecule has 4 nitrogen and oxygen atoms in total. The summed E-state index contributed by atoms with van der Waals surface area (Å²) in [6.45, 7) is 7.48. The van der Waals surface area contributed by atoms with Crippen LogP contribution in [0.2, 0.25) is 0 Å². The molecule has 0 aliphatic rings. The Hall–Kier alpha value is -1.81. The molecule has 1 amide bonds. The van der Waals surface area contributed by atoms with Crippen LogP contribution in [0.4, 0.5) is 0 Å². The lowest BCUT2D eigenvalue weighted by atomic mass is 10.1. The normalized spacial score (nSPS) is 10.8. The molecule has 0 heterocycles. The van der Waals surface area contributed by atoms with E-state index in [1.807, 2.05) is 0 Å². The minimum Gasteiger partial charge on any atom is -0.490 e. The fourth-order valence-corrected chi connectivity index (χ4v) is 1.26. The van der Waals surface area contributed by atoms with E-state index < -0.39 is 5.60 Å². The van der Waals surface area contributed by atoms with Crippen LogP contribution in [0.15, 0.2) is 36.9 Å². The van der Waals surface area contributed by atoms with Crippen molar-refractivity contribution in [3.8, 4) is 5.75 Å². The lowest BCUT2D eigenvalue weighted by Crippen LogP contribution is -2.38. The number of aliphatic hydroxyl groups is 1. The molecule has 0 saturated carbocycles. The van der Waals surface area contributed by atoms with Gasteiger partial charge < -0.3 is 15.2 Å². The van der Waals surface area contributed by atoms with Gasteiger partial charge in [-0.25, -0.2) is 0 Å². The first-order valence-electron chi connectivity index (χ1n) is 5.77. The smallest absolute Gasteiger partial charge is 0.251 e. The molecule has 0 aliphatic carbocycles. The summed E-state index contributed by atoms with van der Waals surface area (Å²) in [7, 11) is 0. The van der Waals surface area contributed by atoms with Gasteiger partial charge in [-0.15, -0.1) is 0 Å². The van der Waals surface area contributed by atoms with Crippen LogP contribution in [0.25, 0.3) is 0 Å². The molecule has 0 radical (unpaired) electrons. The van der Waals surface area contributed by atoms with E-state index in [9.17, 15) is 9.90 Å². The molecule has 0 aliphatic heterocycles. The Balaban J connectivity index is 2.56. The number of hydrogen-bond acceptors (Lipinski definition) is 3. The van der Waals surface area contributed by atoms with E-state index in [1.54, 1.807) is 44.2 Å². The lowest BCUT2D eigenvalue weighted by Gasteiger charge is -2.17. The van der Waals surface area contributed by atoms with E-state index in [0.29, 0.717) is 17.9 Å². The zero-order chi connectivity index (χ0) is 13.6. The van der Waals surface area contributed by atoms with Gasteiger partial charge in [0.2, 0.25) is 0 Å². The third-order valence-corrected chi connectivity index (χ3v) is 2.17. The van der Waals surface area contributed by atoms with Gasteiger partial charge in [0.1, 0.15) is 12.4 Å². The molecule has 1 aromatic carbocycles. The summed E-state index contributed by atoms with van der Waals surface area (Å²) in [6.07, 6.45) is 1.66. The van der Waals surface area contributed by atoms with Gasteiger partial charge >= 0.3 is 0 Å². The molecular weight excluding hydrogens is 230 g/mol. The van der Waals surface area contributed by atoms with Crippen molar-refractivity contribution in [1.82, 2.24) is 5.32 Å². The molecule has 2 N–H and O–H groups in total. The molecule has 0 saturated heterocycles. The Bertz CT molecular complexity index is 404. The van der Waals surface area contributed by atoms with Crippen LogP contribution >= 0.6 is 0 Å². The van der Waals surface area contributed by atoms with Crippen LogP contribution in [0.3, 0.4) is 0 Å². The van der Waals surface area contributed by atoms with E-state index in [-0.39, 0.29) is 12.5 Å². The summed E-state index contributed by atoms with van der Waals surface area (Å²) in [5.41, 5.74) is -0.381. The largest absolute Gasteiger partial charge is 0.490 e.